The Morgan fingerprint density at radius 1 is 0.469 bits per heavy atom. The first-order chi connectivity index (χ1) is 15.8. The molecule has 4 nitrogen and oxygen atoms in total. The van der Waals surface area contributed by atoms with Crippen LogP contribution in [0.3, 0.4) is 0 Å². The van der Waals surface area contributed by atoms with Crippen LogP contribution in [0.4, 0.5) is 0 Å². The molecule has 0 aliphatic rings. The molecule has 2 heterocycles. The van der Waals surface area contributed by atoms with Crippen molar-refractivity contribution in [1.82, 2.24) is 9.97 Å². The van der Waals surface area contributed by atoms with Crippen molar-refractivity contribution in [1.29, 1.82) is 0 Å². The van der Waals surface area contributed by atoms with Crippen LogP contribution >= 0.6 is 0 Å². The number of hydrogen-bond acceptors (Lipinski definition) is 4. The van der Waals surface area contributed by atoms with Crippen molar-refractivity contribution in [3.05, 3.63) is 108 Å². The summed E-state index contributed by atoms with van der Waals surface area (Å²) in [4.78, 5) is 9.15. The minimum atomic E-state index is 0.660. The molecule has 0 atom stereocenters. The lowest BCUT2D eigenvalue weighted by Gasteiger charge is -2.04. The second kappa shape index (κ2) is 7.82. The first-order valence-electron chi connectivity index (χ1n) is 10.7. The van der Waals surface area contributed by atoms with Gasteiger partial charge in [0.1, 0.15) is 11.0 Å². The van der Waals surface area contributed by atoms with E-state index >= 15 is 0 Å². The fraction of sp³-hybridized carbons (Fsp3) is 0.0714. The molecule has 0 unspecified atom stereocenters. The van der Waals surface area contributed by atoms with Gasteiger partial charge in [-0.05, 0) is 72.5 Å². The van der Waals surface area contributed by atoms with E-state index in [-0.39, 0.29) is 0 Å². The van der Waals surface area contributed by atoms with Crippen molar-refractivity contribution in [3.63, 3.8) is 0 Å². The Labute approximate surface area is 185 Å². The van der Waals surface area contributed by atoms with E-state index in [0.29, 0.717) is 11.8 Å². The summed E-state index contributed by atoms with van der Waals surface area (Å²) in [5.41, 5.74) is 7.95. The molecule has 32 heavy (non-hydrogen) atoms. The molecule has 0 spiro atoms. The summed E-state index contributed by atoms with van der Waals surface area (Å²) < 4.78 is 11.7. The lowest BCUT2D eigenvalue weighted by molar-refractivity contribution is 0.619. The highest BCUT2D eigenvalue weighted by Crippen LogP contribution is 2.26. The predicted molar refractivity (Wildman–Crippen MR) is 126 cm³/mol. The SMILES string of the molecule is c1ccc2oc(-c3ccc(CCc4ccc(-c5nc6ccccc6o5)cc4)cc3)nc2c1. The van der Waals surface area contributed by atoms with Crippen LogP contribution in [-0.4, -0.2) is 9.97 Å². The molecule has 2 aromatic heterocycles. The van der Waals surface area contributed by atoms with Gasteiger partial charge in [-0.3, -0.25) is 0 Å². The first-order valence-corrected chi connectivity index (χ1v) is 10.7. The third-order valence-corrected chi connectivity index (χ3v) is 5.69. The standard InChI is InChI=1S/C28H20N2O2/c1-3-7-25-23(5-1)29-27(31-25)21-15-11-19(12-16-21)9-10-20-13-17-22(18-14-20)28-30-24-6-2-4-8-26(24)32-28/h1-8,11-18H,9-10H2. The van der Waals surface area contributed by atoms with Crippen molar-refractivity contribution in [2.45, 2.75) is 12.8 Å². The van der Waals surface area contributed by atoms with E-state index < -0.39 is 0 Å². The molecule has 4 heteroatoms. The highest BCUT2D eigenvalue weighted by atomic mass is 16.4. The number of benzene rings is 4. The van der Waals surface area contributed by atoms with E-state index in [2.05, 4.69) is 58.5 Å². The second-order valence-corrected chi connectivity index (χ2v) is 7.87. The highest BCUT2D eigenvalue weighted by molar-refractivity contribution is 5.76. The van der Waals surface area contributed by atoms with Crippen molar-refractivity contribution >= 4 is 22.2 Å². The van der Waals surface area contributed by atoms with Gasteiger partial charge in [-0.2, -0.15) is 0 Å². The first kappa shape index (κ1) is 18.6. The van der Waals surface area contributed by atoms with Crippen molar-refractivity contribution in [2.75, 3.05) is 0 Å². The molecule has 4 aromatic carbocycles. The van der Waals surface area contributed by atoms with E-state index in [1.54, 1.807) is 0 Å². The third kappa shape index (κ3) is 3.56. The van der Waals surface area contributed by atoms with Crippen LogP contribution in [0.2, 0.25) is 0 Å². The summed E-state index contributed by atoms with van der Waals surface area (Å²) in [5, 5.41) is 0. The normalized spacial score (nSPS) is 11.4. The number of para-hydroxylation sites is 4. The number of fused-ring (bicyclic) bond motifs is 2. The van der Waals surface area contributed by atoms with Crippen molar-refractivity contribution in [2.24, 2.45) is 0 Å². The fourth-order valence-electron chi connectivity index (χ4n) is 3.91. The Kier molecular flexibility index (Phi) is 4.54. The average Bonchev–Trinajstić information content (AvgIpc) is 3.48. The Morgan fingerprint density at radius 2 is 0.875 bits per heavy atom. The molecule has 0 saturated heterocycles. The molecule has 0 fully saturated rings. The summed E-state index contributed by atoms with van der Waals surface area (Å²) >= 11 is 0. The fourth-order valence-corrected chi connectivity index (χ4v) is 3.91. The van der Waals surface area contributed by atoms with Crippen LogP contribution < -0.4 is 0 Å². The van der Waals surface area contributed by atoms with Crippen LogP contribution in [0, 0.1) is 0 Å². The van der Waals surface area contributed by atoms with Gasteiger partial charge >= 0.3 is 0 Å². The molecule has 6 rings (SSSR count). The summed E-state index contributed by atoms with van der Waals surface area (Å²) in [6, 6.07) is 32.6. The minimum Gasteiger partial charge on any atom is -0.436 e. The molecule has 0 aliphatic carbocycles. The topological polar surface area (TPSA) is 52.1 Å². The zero-order valence-electron chi connectivity index (χ0n) is 17.4. The number of hydrogen-bond donors (Lipinski definition) is 0. The molecule has 0 N–H and O–H groups in total. The average molecular weight is 416 g/mol. The van der Waals surface area contributed by atoms with Gasteiger partial charge in [-0.25, -0.2) is 9.97 Å². The van der Waals surface area contributed by atoms with E-state index in [1.165, 1.54) is 11.1 Å². The monoisotopic (exact) mass is 416 g/mol. The third-order valence-electron chi connectivity index (χ3n) is 5.69. The van der Waals surface area contributed by atoms with Crippen LogP contribution in [0.5, 0.6) is 0 Å². The maximum absolute atomic E-state index is 5.87. The van der Waals surface area contributed by atoms with Crippen LogP contribution in [0.25, 0.3) is 45.1 Å². The van der Waals surface area contributed by atoms with Crippen LogP contribution in [-0.2, 0) is 12.8 Å². The number of nitrogens with zero attached hydrogens (tertiary/aromatic N) is 2. The van der Waals surface area contributed by atoms with Crippen LogP contribution in [0.1, 0.15) is 11.1 Å². The Morgan fingerprint density at radius 3 is 1.28 bits per heavy atom. The Bertz CT molecular complexity index is 1330. The molecule has 0 saturated carbocycles. The molecule has 6 aromatic rings. The molecular weight excluding hydrogens is 396 g/mol. The van der Waals surface area contributed by atoms with Gasteiger partial charge in [0, 0.05) is 11.1 Å². The van der Waals surface area contributed by atoms with E-state index in [0.717, 1.165) is 46.2 Å². The smallest absolute Gasteiger partial charge is 0.227 e. The number of oxazole rings is 2. The quantitative estimate of drug-likeness (QED) is 0.301. The predicted octanol–water partition coefficient (Wildman–Crippen LogP) is 7.09. The lowest BCUT2D eigenvalue weighted by atomic mass is 10.0. The number of aryl methyl sites for hydroxylation is 2. The van der Waals surface area contributed by atoms with Gasteiger partial charge in [0.2, 0.25) is 11.8 Å². The van der Waals surface area contributed by atoms with E-state index in [4.69, 9.17) is 8.83 Å². The zero-order chi connectivity index (χ0) is 21.3. The summed E-state index contributed by atoms with van der Waals surface area (Å²) in [5.74, 6) is 1.32. The second-order valence-electron chi connectivity index (χ2n) is 7.87. The van der Waals surface area contributed by atoms with E-state index in [1.807, 2.05) is 48.5 Å². The largest absolute Gasteiger partial charge is 0.436 e. The Hall–Kier alpha value is -4.18. The molecule has 0 amide bonds. The van der Waals surface area contributed by atoms with Gasteiger partial charge < -0.3 is 8.83 Å². The van der Waals surface area contributed by atoms with Gasteiger partial charge in [0.25, 0.3) is 0 Å². The van der Waals surface area contributed by atoms with Crippen molar-refractivity contribution in [3.8, 4) is 22.9 Å². The Balaban J connectivity index is 1.13. The number of rotatable bonds is 5. The summed E-state index contributed by atoms with van der Waals surface area (Å²) in [7, 11) is 0. The molecule has 154 valence electrons. The maximum Gasteiger partial charge on any atom is 0.227 e. The number of aromatic nitrogens is 2. The minimum absolute atomic E-state index is 0.660. The van der Waals surface area contributed by atoms with Gasteiger partial charge in [0.05, 0.1) is 0 Å². The van der Waals surface area contributed by atoms with Gasteiger partial charge in [-0.15, -0.1) is 0 Å². The van der Waals surface area contributed by atoms with Crippen molar-refractivity contribution < 1.29 is 8.83 Å². The summed E-state index contributed by atoms with van der Waals surface area (Å²) in [6.07, 6.45) is 1.94. The lowest BCUT2D eigenvalue weighted by Crippen LogP contribution is -1.91. The van der Waals surface area contributed by atoms with E-state index in [9.17, 15) is 0 Å². The highest BCUT2D eigenvalue weighted by Gasteiger charge is 2.09. The van der Waals surface area contributed by atoms with Gasteiger partial charge in [0.15, 0.2) is 11.2 Å². The van der Waals surface area contributed by atoms with Crippen LogP contribution in [0.15, 0.2) is 106 Å². The molecule has 0 radical (unpaired) electrons. The summed E-state index contributed by atoms with van der Waals surface area (Å²) in [6.45, 7) is 0. The zero-order valence-corrected chi connectivity index (χ0v) is 17.4. The molecule has 0 bridgehead atoms. The molecule has 0 aliphatic heterocycles. The molecular formula is C28H20N2O2. The van der Waals surface area contributed by atoms with Gasteiger partial charge in [-0.1, -0.05) is 48.5 Å². The maximum atomic E-state index is 5.87.